The van der Waals surface area contributed by atoms with Crippen LogP contribution in [0.15, 0.2) is 11.6 Å². The summed E-state index contributed by atoms with van der Waals surface area (Å²) in [5.41, 5.74) is 1.68. The monoisotopic (exact) mass is 336 g/mol. The summed E-state index contributed by atoms with van der Waals surface area (Å²) < 4.78 is 11.8. The van der Waals surface area contributed by atoms with Crippen LogP contribution >= 0.6 is 0 Å². The van der Waals surface area contributed by atoms with E-state index >= 15 is 0 Å². The van der Waals surface area contributed by atoms with Gasteiger partial charge in [-0.15, -0.1) is 0 Å². The highest BCUT2D eigenvalue weighted by Gasteiger charge is 2.29. The maximum atomic E-state index is 5.90. The molecule has 0 saturated carbocycles. The van der Waals surface area contributed by atoms with Crippen molar-refractivity contribution in [3.8, 4) is 0 Å². The Balaban J connectivity index is 1.69. The van der Waals surface area contributed by atoms with Gasteiger partial charge < -0.3 is 9.47 Å². The minimum atomic E-state index is 0.0107. The summed E-state index contributed by atoms with van der Waals surface area (Å²) in [6, 6.07) is 0. The molecule has 2 aliphatic rings. The van der Waals surface area contributed by atoms with E-state index in [4.69, 9.17) is 9.47 Å². The smallest absolute Gasteiger partial charge is 0.159 e. The van der Waals surface area contributed by atoms with Gasteiger partial charge in [0.25, 0.3) is 0 Å². The van der Waals surface area contributed by atoms with Gasteiger partial charge in [0.1, 0.15) is 0 Å². The lowest BCUT2D eigenvalue weighted by Gasteiger charge is -2.35. The number of hydrogen-bond acceptors (Lipinski definition) is 2. The summed E-state index contributed by atoms with van der Waals surface area (Å²) in [5, 5.41) is 0. The molecule has 2 nitrogen and oxygen atoms in total. The van der Waals surface area contributed by atoms with Gasteiger partial charge in [-0.1, -0.05) is 66.0 Å². The third-order valence-electron chi connectivity index (χ3n) is 6.41. The molecule has 24 heavy (non-hydrogen) atoms. The fraction of sp³-hybridized carbons (Fsp3) is 0.909. The summed E-state index contributed by atoms with van der Waals surface area (Å²) in [4.78, 5) is 0. The lowest BCUT2D eigenvalue weighted by Crippen LogP contribution is -2.38. The van der Waals surface area contributed by atoms with Gasteiger partial charge in [-0.25, -0.2) is 0 Å². The topological polar surface area (TPSA) is 18.5 Å². The Morgan fingerprint density at radius 3 is 1.96 bits per heavy atom. The van der Waals surface area contributed by atoms with Crippen molar-refractivity contribution in [1.82, 2.24) is 0 Å². The minimum Gasteiger partial charge on any atom is -0.352 e. The van der Waals surface area contributed by atoms with E-state index in [1.807, 2.05) is 0 Å². The molecule has 0 amide bonds. The second kappa shape index (κ2) is 9.38. The van der Waals surface area contributed by atoms with Gasteiger partial charge >= 0.3 is 0 Å². The summed E-state index contributed by atoms with van der Waals surface area (Å²) in [6.07, 6.45) is 9.22. The van der Waals surface area contributed by atoms with E-state index in [1.165, 1.54) is 32.1 Å². The van der Waals surface area contributed by atoms with Gasteiger partial charge in [-0.05, 0) is 42.9 Å². The molecule has 1 aliphatic carbocycles. The van der Waals surface area contributed by atoms with Gasteiger partial charge in [0, 0.05) is 11.8 Å². The quantitative estimate of drug-likeness (QED) is 0.526. The maximum Gasteiger partial charge on any atom is 0.159 e. The number of ether oxygens (including phenoxy) is 2. The highest BCUT2D eigenvalue weighted by molar-refractivity contribution is 5.09. The summed E-state index contributed by atoms with van der Waals surface area (Å²) in [5.74, 6) is 4.20. The average Bonchev–Trinajstić information content (AvgIpc) is 2.59. The Kier molecular flexibility index (Phi) is 7.81. The molecule has 3 unspecified atom stereocenters. The molecular formula is C22H40O2. The Morgan fingerprint density at radius 1 is 0.917 bits per heavy atom. The average molecular weight is 337 g/mol. The molecule has 0 aromatic heterocycles. The molecular weight excluding hydrogens is 296 g/mol. The Bertz CT molecular complexity index is 391. The summed E-state index contributed by atoms with van der Waals surface area (Å²) >= 11 is 0. The first-order valence-corrected chi connectivity index (χ1v) is 10.3. The number of allylic oxidation sites excluding steroid dienone is 2. The maximum absolute atomic E-state index is 5.90. The zero-order chi connectivity index (χ0) is 17.7. The molecule has 0 aromatic rings. The second-order valence-electron chi connectivity index (χ2n) is 9.04. The predicted octanol–water partition coefficient (Wildman–Crippen LogP) is 6.07. The molecule has 140 valence electrons. The van der Waals surface area contributed by atoms with Crippen LogP contribution in [-0.2, 0) is 9.47 Å². The van der Waals surface area contributed by atoms with Gasteiger partial charge in [-0.3, -0.25) is 0 Å². The van der Waals surface area contributed by atoms with Crippen LogP contribution in [0.3, 0.4) is 0 Å². The molecule has 1 saturated heterocycles. The molecule has 0 bridgehead atoms. The molecule has 0 aromatic carbocycles. The lowest BCUT2D eigenvalue weighted by molar-refractivity contribution is -0.225. The Hall–Kier alpha value is -0.340. The second-order valence-corrected chi connectivity index (χ2v) is 9.04. The zero-order valence-electron chi connectivity index (χ0n) is 16.9. The van der Waals surface area contributed by atoms with Crippen LogP contribution < -0.4 is 0 Å². The van der Waals surface area contributed by atoms with Crippen molar-refractivity contribution < 1.29 is 9.47 Å². The van der Waals surface area contributed by atoms with E-state index in [-0.39, 0.29) is 6.29 Å². The largest absolute Gasteiger partial charge is 0.352 e. The van der Waals surface area contributed by atoms with Gasteiger partial charge in [0.15, 0.2) is 6.29 Å². The highest BCUT2D eigenvalue weighted by Crippen LogP contribution is 2.35. The van der Waals surface area contributed by atoms with Crippen molar-refractivity contribution in [2.45, 2.75) is 79.9 Å². The van der Waals surface area contributed by atoms with Crippen molar-refractivity contribution in [3.05, 3.63) is 11.6 Å². The van der Waals surface area contributed by atoms with Crippen LogP contribution in [0.1, 0.15) is 73.6 Å². The van der Waals surface area contributed by atoms with Gasteiger partial charge in [0.2, 0.25) is 0 Å². The van der Waals surface area contributed by atoms with E-state index in [1.54, 1.807) is 5.57 Å². The highest BCUT2D eigenvalue weighted by atomic mass is 16.7. The van der Waals surface area contributed by atoms with Crippen LogP contribution in [0.4, 0.5) is 0 Å². The van der Waals surface area contributed by atoms with E-state index in [0.717, 1.165) is 31.0 Å². The van der Waals surface area contributed by atoms with Crippen molar-refractivity contribution in [2.24, 2.45) is 35.5 Å². The third-order valence-corrected chi connectivity index (χ3v) is 6.41. The standard InChI is InChI=1S/C22H40O2/c1-15(2)19-9-11-20(12-10-19)17(5)7-8-18(6)21-13-23-22(16(3)4)24-14-21/h9,15-18,20-22H,7-8,10-14H2,1-6H3. The first-order valence-electron chi connectivity index (χ1n) is 10.3. The van der Waals surface area contributed by atoms with Crippen LogP contribution in [-0.4, -0.2) is 19.5 Å². The normalized spacial score (nSPS) is 31.2. The molecule has 1 heterocycles. The Morgan fingerprint density at radius 2 is 1.50 bits per heavy atom. The van der Waals surface area contributed by atoms with Crippen LogP contribution in [0.25, 0.3) is 0 Å². The molecule has 2 rings (SSSR count). The molecule has 0 radical (unpaired) electrons. The number of rotatable bonds is 7. The lowest BCUT2D eigenvalue weighted by atomic mass is 9.76. The first kappa shape index (κ1) is 20.0. The molecule has 1 fully saturated rings. The van der Waals surface area contributed by atoms with Crippen molar-refractivity contribution in [2.75, 3.05) is 13.2 Å². The molecule has 1 aliphatic heterocycles. The SMILES string of the molecule is CC(C)C1=CCC(C(C)CCC(C)C2COC(C(C)C)OC2)CC1. The first-order chi connectivity index (χ1) is 11.4. The van der Waals surface area contributed by atoms with Crippen molar-refractivity contribution in [1.29, 1.82) is 0 Å². The fourth-order valence-corrected chi connectivity index (χ4v) is 4.16. The Labute approximate surface area is 150 Å². The van der Waals surface area contributed by atoms with E-state index < -0.39 is 0 Å². The van der Waals surface area contributed by atoms with Crippen LogP contribution in [0.5, 0.6) is 0 Å². The van der Waals surface area contributed by atoms with Crippen LogP contribution in [0, 0.1) is 35.5 Å². The zero-order valence-corrected chi connectivity index (χ0v) is 16.9. The van der Waals surface area contributed by atoms with Gasteiger partial charge in [-0.2, -0.15) is 0 Å². The van der Waals surface area contributed by atoms with E-state index in [2.05, 4.69) is 47.6 Å². The molecule has 0 N–H and O–H groups in total. The van der Waals surface area contributed by atoms with Crippen molar-refractivity contribution >= 4 is 0 Å². The molecule has 3 atom stereocenters. The molecule has 0 spiro atoms. The summed E-state index contributed by atoms with van der Waals surface area (Å²) in [7, 11) is 0. The van der Waals surface area contributed by atoms with Crippen LogP contribution in [0.2, 0.25) is 0 Å². The molecule has 2 heteroatoms. The summed E-state index contributed by atoms with van der Waals surface area (Å²) in [6.45, 7) is 15.6. The van der Waals surface area contributed by atoms with Gasteiger partial charge in [0.05, 0.1) is 13.2 Å². The van der Waals surface area contributed by atoms with E-state index in [9.17, 15) is 0 Å². The minimum absolute atomic E-state index is 0.0107. The number of hydrogen-bond donors (Lipinski definition) is 0. The van der Waals surface area contributed by atoms with E-state index in [0.29, 0.717) is 17.8 Å². The van der Waals surface area contributed by atoms with Crippen molar-refractivity contribution in [3.63, 3.8) is 0 Å². The predicted molar refractivity (Wildman–Crippen MR) is 102 cm³/mol. The third kappa shape index (κ3) is 5.59. The fourth-order valence-electron chi connectivity index (χ4n) is 4.16.